The SMILES string of the molecule is Cc1oc2nc[nH]c(=O)c2c1C(=O)NCC1(C)CCNCC1. The van der Waals surface area contributed by atoms with Crippen molar-refractivity contribution in [3.8, 4) is 0 Å². The molecule has 0 atom stereocenters. The van der Waals surface area contributed by atoms with Gasteiger partial charge in [0.2, 0.25) is 5.71 Å². The van der Waals surface area contributed by atoms with Crippen molar-refractivity contribution in [3.05, 3.63) is 28.0 Å². The van der Waals surface area contributed by atoms with Gasteiger partial charge in [-0.1, -0.05) is 6.92 Å². The summed E-state index contributed by atoms with van der Waals surface area (Å²) in [6, 6.07) is 0. The van der Waals surface area contributed by atoms with Crippen LogP contribution in [0.5, 0.6) is 0 Å². The summed E-state index contributed by atoms with van der Waals surface area (Å²) in [4.78, 5) is 30.9. The number of aryl methyl sites for hydroxylation is 1. The van der Waals surface area contributed by atoms with Crippen LogP contribution >= 0.6 is 0 Å². The summed E-state index contributed by atoms with van der Waals surface area (Å²) in [7, 11) is 0. The van der Waals surface area contributed by atoms with Crippen molar-refractivity contribution >= 4 is 17.0 Å². The Bertz CT molecular complexity index is 756. The van der Waals surface area contributed by atoms with Crippen LogP contribution in [0.25, 0.3) is 11.1 Å². The van der Waals surface area contributed by atoms with Gasteiger partial charge in [0, 0.05) is 6.54 Å². The van der Waals surface area contributed by atoms with Gasteiger partial charge in [-0.2, -0.15) is 0 Å². The lowest BCUT2D eigenvalue weighted by atomic mass is 9.81. The number of H-pyrrole nitrogens is 1. The number of amides is 1. The number of nitrogens with zero attached hydrogens (tertiary/aromatic N) is 1. The van der Waals surface area contributed by atoms with E-state index in [9.17, 15) is 9.59 Å². The molecule has 0 unspecified atom stereocenters. The number of piperidine rings is 1. The number of furan rings is 1. The summed E-state index contributed by atoms with van der Waals surface area (Å²) in [5.74, 6) is 0.127. The van der Waals surface area contributed by atoms with Crippen molar-refractivity contribution in [2.24, 2.45) is 5.41 Å². The molecule has 0 bridgehead atoms. The highest BCUT2D eigenvalue weighted by Crippen LogP contribution is 2.27. The highest BCUT2D eigenvalue weighted by Gasteiger charge is 2.28. The molecule has 0 aliphatic carbocycles. The van der Waals surface area contributed by atoms with Gasteiger partial charge in [-0.05, 0) is 38.3 Å². The van der Waals surface area contributed by atoms with Crippen LogP contribution < -0.4 is 16.2 Å². The van der Waals surface area contributed by atoms with E-state index in [4.69, 9.17) is 4.42 Å². The quantitative estimate of drug-likeness (QED) is 0.783. The van der Waals surface area contributed by atoms with Gasteiger partial charge in [-0.15, -0.1) is 0 Å². The maximum absolute atomic E-state index is 12.5. The average Bonchev–Trinajstić information content (AvgIpc) is 2.83. The molecule has 2 aromatic rings. The zero-order valence-electron chi connectivity index (χ0n) is 12.8. The molecule has 0 aromatic carbocycles. The minimum absolute atomic E-state index is 0.0824. The average molecular weight is 304 g/mol. The summed E-state index contributed by atoms with van der Waals surface area (Å²) in [6.45, 7) is 6.34. The molecule has 7 heteroatoms. The Morgan fingerprint density at radius 3 is 2.91 bits per heavy atom. The van der Waals surface area contributed by atoms with Crippen LogP contribution in [0.4, 0.5) is 0 Å². The van der Waals surface area contributed by atoms with Crippen LogP contribution in [0.3, 0.4) is 0 Å². The number of aromatic nitrogens is 2. The molecular weight excluding hydrogens is 284 g/mol. The fourth-order valence-corrected chi connectivity index (χ4v) is 2.92. The fourth-order valence-electron chi connectivity index (χ4n) is 2.92. The molecular formula is C15H20N4O3. The predicted molar refractivity (Wildman–Crippen MR) is 81.9 cm³/mol. The van der Waals surface area contributed by atoms with E-state index in [1.165, 1.54) is 6.33 Å². The van der Waals surface area contributed by atoms with Crippen LogP contribution in [0.1, 0.15) is 35.9 Å². The van der Waals surface area contributed by atoms with E-state index in [-0.39, 0.29) is 33.5 Å². The second-order valence-corrected chi connectivity index (χ2v) is 6.19. The normalized spacial score (nSPS) is 17.5. The highest BCUT2D eigenvalue weighted by atomic mass is 16.3. The van der Waals surface area contributed by atoms with Gasteiger partial charge >= 0.3 is 0 Å². The van der Waals surface area contributed by atoms with E-state index in [2.05, 4.69) is 27.5 Å². The standard InChI is InChI=1S/C15H20N4O3/c1-9-10(11-13(21)18-8-19-14(11)22-9)12(20)17-7-15(2)3-5-16-6-4-15/h8,16H,3-7H2,1-2H3,(H,17,20)(H,18,19,21). The Balaban J connectivity index is 1.83. The first-order valence-corrected chi connectivity index (χ1v) is 7.46. The number of hydrogen-bond donors (Lipinski definition) is 3. The highest BCUT2D eigenvalue weighted by molar-refractivity contribution is 6.06. The first-order valence-electron chi connectivity index (χ1n) is 7.46. The van der Waals surface area contributed by atoms with Gasteiger partial charge in [-0.3, -0.25) is 9.59 Å². The molecule has 3 N–H and O–H groups in total. The zero-order valence-corrected chi connectivity index (χ0v) is 12.8. The minimum Gasteiger partial charge on any atom is -0.442 e. The Morgan fingerprint density at radius 1 is 1.45 bits per heavy atom. The molecule has 118 valence electrons. The number of fused-ring (bicyclic) bond motifs is 1. The first-order chi connectivity index (χ1) is 10.5. The predicted octanol–water partition coefficient (Wildman–Crippen LogP) is 0.944. The van der Waals surface area contributed by atoms with Crippen LogP contribution in [0.2, 0.25) is 0 Å². The van der Waals surface area contributed by atoms with E-state index < -0.39 is 0 Å². The maximum Gasteiger partial charge on any atom is 0.262 e. The van der Waals surface area contributed by atoms with E-state index >= 15 is 0 Å². The van der Waals surface area contributed by atoms with Gasteiger partial charge in [-0.25, -0.2) is 4.98 Å². The second-order valence-electron chi connectivity index (χ2n) is 6.19. The van der Waals surface area contributed by atoms with Crippen LogP contribution in [-0.2, 0) is 0 Å². The van der Waals surface area contributed by atoms with Crippen LogP contribution in [0.15, 0.2) is 15.5 Å². The van der Waals surface area contributed by atoms with Crippen molar-refractivity contribution < 1.29 is 9.21 Å². The van der Waals surface area contributed by atoms with Crippen molar-refractivity contribution in [2.75, 3.05) is 19.6 Å². The van der Waals surface area contributed by atoms with Crippen LogP contribution in [0, 0.1) is 12.3 Å². The number of nitrogens with one attached hydrogen (secondary N) is 3. The Kier molecular flexibility index (Phi) is 3.74. The summed E-state index contributed by atoms with van der Waals surface area (Å²) >= 11 is 0. The monoisotopic (exact) mass is 304 g/mol. The van der Waals surface area contributed by atoms with Crippen molar-refractivity contribution in [2.45, 2.75) is 26.7 Å². The van der Waals surface area contributed by atoms with Gasteiger partial charge in [0.05, 0.1) is 11.9 Å². The minimum atomic E-state index is -0.361. The third kappa shape index (κ3) is 2.64. The first kappa shape index (κ1) is 14.8. The molecule has 0 saturated carbocycles. The number of carbonyl (C=O) groups is 1. The Hall–Kier alpha value is -2.15. The molecule has 2 aromatic heterocycles. The summed E-state index contributed by atoms with van der Waals surface area (Å²) < 4.78 is 5.42. The molecule has 3 rings (SSSR count). The Labute approximate surface area is 127 Å². The van der Waals surface area contributed by atoms with Crippen LogP contribution in [-0.4, -0.2) is 35.5 Å². The van der Waals surface area contributed by atoms with E-state index in [0.717, 1.165) is 25.9 Å². The second kappa shape index (κ2) is 5.57. The summed E-state index contributed by atoms with van der Waals surface area (Å²) in [5.41, 5.74) is 0.195. The van der Waals surface area contributed by atoms with Crippen molar-refractivity contribution in [1.29, 1.82) is 0 Å². The van der Waals surface area contributed by atoms with E-state index in [1.807, 2.05) is 0 Å². The topological polar surface area (TPSA) is 100 Å². The molecule has 3 heterocycles. The smallest absolute Gasteiger partial charge is 0.262 e. The summed E-state index contributed by atoms with van der Waals surface area (Å²) in [5, 5.41) is 6.48. The van der Waals surface area contributed by atoms with Crippen molar-refractivity contribution in [1.82, 2.24) is 20.6 Å². The maximum atomic E-state index is 12.5. The lowest BCUT2D eigenvalue weighted by molar-refractivity contribution is 0.0922. The van der Waals surface area contributed by atoms with Crippen molar-refractivity contribution in [3.63, 3.8) is 0 Å². The number of carbonyl (C=O) groups excluding carboxylic acids is 1. The number of rotatable bonds is 3. The number of hydrogen-bond acceptors (Lipinski definition) is 5. The number of aromatic amines is 1. The van der Waals surface area contributed by atoms with Gasteiger partial charge in [0.1, 0.15) is 11.1 Å². The fraction of sp³-hybridized carbons (Fsp3) is 0.533. The summed E-state index contributed by atoms with van der Waals surface area (Å²) in [6.07, 6.45) is 3.30. The Morgan fingerprint density at radius 2 is 2.18 bits per heavy atom. The lowest BCUT2D eigenvalue weighted by Crippen LogP contribution is -2.43. The van der Waals surface area contributed by atoms with Gasteiger partial charge < -0.3 is 20.0 Å². The molecule has 0 radical (unpaired) electrons. The third-order valence-electron chi connectivity index (χ3n) is 4.38. The molecule has 1 aliphatic rings. The largest absolute Gasteiger partial charge is 0.442 e. The molecule has 7 nitrogen and oxygen atoms in total. The van der Waals surface area contributed by atoms with E-state index in [0.29, 0.717) is 12.3 Å². The van der Waals surface area contributed by atoms with Gasteiger partial charge in [0.15, 0.2) is 0 Å². The molecule has 0 spiro atoms. The van der Waals surface area contributed by atoms with Gasteiger partial charge in [0.25, 0.3) is 11.5 Å². The molecule has 1 amide bonds. The molecule has 1 saturated heterocycles. The zero-order chi connectivity index (χ0) is 15.7. The third-order valence-corrected chi connectivity index (χ3v) is 4.38. The molecule has 1 aliphatic heterocycles. The molecule has 22 heavy (non-hydrogen) atoms. The molecule has 1 fully saturated rings. The van der Waals surface area contributed by atoms with E-state index in [1.54, 1.807) is 6.92 Å². The lowest BCUT2D eigenvalue weighted by Gasteiger charge is -2.34.